The number of hydrogen-bond acceptors (Lipinski definition) is 4. The first kappa shape index (κ1) is 9.29. The van der Waals surface area contributed by atoms with E-state index in [0.717, 1.165) is 0 Å². The summed E-state index contributed by atoms with van der Waals surface area (Å²) >= 11 is -0.250. The molecule has 3 nitrogen and oxygen atoms in total. The van der Waals surface area contributed by atoms with Crippen LogP contribution < -0.4 is 0 Å². The average Bonchev–Trinajstić information content (AvgIpc) is 1.91. The van der Waals surface area contributed by atoms with Gasteiger partial charge in [-0.3, -0.25) is 0 Å². The van der Waals surface area contributed by atoms with Gasteiger partial charge in [-0.15, -0.1) is 0 Å². The monoisotopic (exact) mass is 160 g/mol. The number of para-hydroxylation sites is 1. The summed E-state index contributed by atoms with van der Waals surface area (Å²) in [6.45, 7) is 0. The molecule has 3 N–H and O–H groups in total. The fourth-order valence-corrected chi connectivity index (χ4v) is 0.428. The number of phenolic OH excluding ortho intramolecular Hbond substituents is 1. The van der Waals surface area contributed by atoms with Gasteiger partial charge >= 0.3 is 0 Å². The zero-order valence-corrected chi connectivity index (χ0v) is 5.95. The average molecular weight is 160 g/mol. The van der Waals surface area contributed by atoms with E-state index in [1.54, 1.807) is 24.3 Å². The van der Waals surface area contributed by atoms with Crippen LogP contribution in [0.25, 0.3) is 0 Å². The van der Waals surface area contributed by atoms with Gasteiger partial charge in [-0.05, 0) is 12.1 Å². The minimum atomic E-state index is -0.250. The summed E-state index contributed by atoms with van der Waals surface area (Å²) in [4.78, 5) is 0. The molecule has 0 aromatic heterocycles. The molecular formula is C6H8O3S. The quantitative estimate of drug-likeness (QED) is 0.508. The van der Waals surface area contributed by atoms with Crippen LogP contribution in [0.5, 0.6) is 5.75 Å². The summed E-state index contributed by atoms with van der Waals surface area (Å²) < 4.78 is 14.1. The molecule has 1 rings (SSSR count). The van der Waals surface area contributed by atoms with Crippen molar-refractivity contribution in [1.29, 1.82) is 0 Å². The first-order valence-electron chi connectivity index (χ1n) is 2.50. The van der Waals surface area contributed by atoms with E-state index in [2.05, 4.69) is 0 Å². The maximum Gasteiger partial charge on any atom is 0.152 e. The molecule has 0 unspecified atom stereocenters. The lowest BCUT2D eigenvalue weighted by molar-refractivity contribution is 0.475. The molecule has 0 aliphatic heterocycles. The van der Waals surface area contributed by atoms with Crippen LogP contribution in [0.4, 0.5) is 0 Å². The zero-order chi connectivity index (χ0) is 7.82. The molecule has 10 heavy (non-hydrogen) atoms. The van der Waals surface area contributed by atoms with Gasteiger partial charge in [0, 0.05) is 0 Å². The lowest BCUT2D eigenvalue weighted by atomic mass is 10.3. The van der Waals surface area contributed by atoms with Crippen LogP contribution >= 0.6 is 12.3 Å². The van der Waals surface area contributed by atoms with Crippen LogP contribution in [0, 0.1) is 0 Å². The maximum absolute atomic E-state index is 8.63. The second-order valence-corrected chi connectivity index (χ2v) is 1.58. The highest BCUT2D eigenvalue weighted by atomic mass is 32.2. The number of phenols is 1. The third kappa shape index (κ3) is 5.43. The van der Waals surface area contributed by atoms with E-state index in [4.69, 9.17) is 14.2 Å². The fraction of sp³-hybridized carbons (Fsp3) is 0. The van der Waals surface area contributed by atoms with Gasteiger partial charge in [0.15, 0.2) is 12.3 Å². The topological polar surface area (TPSA) is 60.7 Å². The third-order valence-electron chi connectivity index (χ3n) is 0.756. The molecule has 0 amide bonds. The second kappa shape index (κ2) is 6.41. The Balaban J connectivity index is 0.000000236. The lowest BCUT2D eigenvalue weighted by Crippen LogP contribution is -1.56. The predicted octanol–water partition coefficient (Wildman–Crippen LogP) is 2.06. The molecule has 0 bridgehead atoms. The zero-order valence-electron chi connectivity index (χ0n) is 5.14. The summed E-state index contributed by atoms with van der Waals surface area (Å²) in [7, 11) is 0. The first-order chi connectivity index (χ1) is 4.81. The Kier molecular flexibility index (Phi) is 5.96. The number of aromatic hydroxyl groups is 1. The SMILES string of the molecule is OSO.Oc1ccccc1. The van der Waals surface area contributed by atoms with Gasteiger partial charge in [-0.1, -0.05) is 18.2 Å². The van der Waals surface area contributed by atoms with E-state index >= 15 is 0 Å². The van der Waals surface area contributed by atoms with Gasteiger partial charge in [0.1, 0.15) is 5.75 Å². The van der Waals surface area contributed by atoms with Gasteiger partial charge in [-0.25, -0.2) is 0 Å². The van der Waals surface area contributed by atoms with Crippen molar-refractivity contribution in [1.82, 2.24) is 0 Å². The molecule has 4 heteroatoms. The Bertz CT molecular complexity index is 154. The predicted molar refractivity (Wildman–Crippen MR) is 41.0 cm³/mol. The van der Waals surface area contributed by atoms with E-state index in [0.29, 0.717) is 5.75 Å². The Hall–Kier alpha value is -0.710. The maximum atomic E-state index is 8.63. The Morgan fingerprint density at radius 3 is 1.60 bits per heavy atom. The van der Waals surface area contributed by atoms with Crippen molar-refractivity contribution in [3.8, 4) is 5.75 Å². The van der Waals surface area contributed by atoms with Crippen molar-refractivity contribution in [3.63, 3.8) is 0 Å². The summed E-state index contributed by atoms with van der Waals surface area (Å²) in [6, 6.07) is 8.71. The summed E-state index contributed by atoms with van der Waals surface area (Å²) in [5.74, 6) is 0.322. The molecule has 0 aliphatic carbocycles. The molecule has 0 heterocycles. The molecule has 0 saturated heterocycles. The first-order valence-corrected chi connectivity index (χ1v) is 3.23. The van der Waals surface area contributed by atoms with E-state index in [-0.39, 0.29) is 12.3 Å². The van der Waals surface area contributed by atoms with Crippen LogP contribution in [0.2, 0.25) is 0 Å². The molecule has 0 spiro atoms. The normalized spacial score (nSPS) is 7.80. The van der Waals surface area contributed by atoms with Crippen LogP contribution in [0.15, 0.2) is 30.3 Å². The standard InChI is InChI=1S/C6H6O.H2O2S/c7-6-4-2-1-3-5-6;1-3-2/h1-5,7H;1-2H. The third-order valence-corrected chi connectivity index (χ3v) is 0.756. The van der Waals surface area contributed by atoms with Crippen molar-refractivity contribution in [3.05, 3.63) is 30.3 Å². The van der Waals surface area contributed by atoms with Gasteiger partial charge < -0.3 is 14.2 Å². The van der Waals surface area contributed by atoms with Crippen LogP contribution in [-0.2, 0) is 0 Å². The molecule has 1 aromatic rings. The fourth-order valence-electron chi connectivity index (χ4n) is 0.428. The molecule has 0 saturated carbocycles. The van der Waals surface area contributed by atoms with Gasteiger partial charge in [-0.2, -0.15) is 0 Å². The van der Waals surface area contributed by atoms with Gasteiger partial charge in [0.05, 0.1) is 0 Å². The molecule has 0 radical (unpaired) electrons. The van der Waals surface area contributed by atoms with Crippen molar-refractivity contribution >= 4 is 12.3 Å². The van der Waals surface area contributed by atoms with E-state index in [1.807, 2.05) is 6.07 Å². The van der Waals surface area contributed by atoms with Crippen LogP contribution in [0.3, 0.4) is 0 Å². The van der Waals surface area contributed by atoms with Crippen molar-refractivity contribution in [2.75, 3.05) is 0 Å². The summed E-state index contributed by atoms with van der Waals surface area (Å²) in [5.41, 5.74) is 0. The molecule has 0 fully saturated rings. The molecule has 0 aliphatic rings. The minimum Gasteiger partial charge on any atom is -0.508 e. The highest BCUT2D eigenvalue weighted by Crippen LogP contribution is 2.02. The number of benzene rings is 1. The number of hydrogen-bond donors (Lipinski definition) is 3. The lowest BCUT2D eigenvalue weighted by Gasteiger charge is -1.82. The highest BCUT2D eigenvalue weighted by molar-refractivity contribution is 7.87. The molecule has 1 aromatic carbocycles. The Morgan fingerprint density at radius 1 is 1.00 bits per heavy atom. The van der Waals surface area contributed by atoms with Gasteiger partial charge in [0.2, 0.25) is 0 Å². The van der Waals surface area contributed by atoms with E-state index < -0.39 is 0 Å². The molecular weight excluding hydrogens is 152 g/mol. The summed E-state index contributed by atoms with van der Waals surface area (Å²) in [6.07, 6.45) is 0. The van der Waals surface area contributed by atoms with Crippen molar-refractivity contribution in [2.45, 2.75) is 0 Å². The van der Waals surface area contributed by atoms with Crippen LogP contribution in [-0.4, -0.2) is 14.2 Å². The molecule has 0 atom stereocenters. The van der Waals surface area contributed by atoms with Crippen LogP contribution in [0.1, 0.15) is 0 Å². The highest BCUT2D eigenvalue weighted by Gasteiger charge is 1.74. The Labute approximate surface area is 63.4 Å². The van der Waals surface area contributed by atoms with Gasteiger partial charge in [0.25, 0.3) is 0 Å². The van der Waals surface area contributed by atoms with E-state index in [1.165, 1.54) is 0 Å². The van der Waals surface area contributed by atoms with E-state index in [9.17, 15) is 0 Å². The summed E-state index contributed by atoms with van der Waals surface area (Å²) in [5, 5.41) is 8.63. The Morgan fingerprint density at radius 2 is 1.40 bits per heavy atom. The van der Waals surface area contributed by atoms with Crippen molar-refractivity contribution in [2.24, 2.45) is 0 Å². The van der Waals surface area contributed by atoms with Crippen molar-refractivity contribution < 1.29 is 14.2 Å². The second-order valence-electron chi connectivity index (χ2n) is 1.42. The smallest absolute Gasteiger partial charge is 0.152 e. The largest absolute Gasteiger partial charge is 0.508 e. The minimum absolute atomic E-state index is 0.250. The molecule has 56 valence electrons. The number of rotatable bonds is 0.